The SMILES string of the molecule is CN1CCC[C@H](NC(=O)c2cc3cc(Cl)cc(Cl)c3[nH]2)C1=O. The zero-order valence-electron chi connectivity index (χ0n) is 12.0. The first-order chi connectivity index (χ1) is 10.5. The number of likely N-dealkylation sites (tertiary alicyclic amines) is 1. The van der Waals surface area contributed by atoms with Gasteiger partial charge in [-0.05, 0) is 31.0 Å². The lowest BCUT2D eigenvalue weighted by Gasteiger charge is -2.29. The summed E-state index contributed by atoms with van der Waals surface area (Å²) in [6.07, 6.45) is 1.53. The van der Waals surface area contributed by atoms with Crippen molar-refractivity contribution in [1.82, 2.24) is 15.2 Å². The Bertz CT molecular complexity index is 757. The maximum absolute atomic E-state index is 12.3. The number of benzene rings is 1. The van der Waals surface area contributed by atoms with E-state index in [9.17, 15) is 9.59 Å². The lowest BCUT2D eigenvalue weighted by molar-refractivity contribution is -0.134. The van der Waals surface area contributed by atoms with Crippen molar-refractivity contribution in [1.29, 1.82) is 0 Å². The minimum absolute atomic E-state index is 0.0585. The second-order valence-corrected chi connectivity index (χ2v) is 6.31. The molecule has 1 aromatic heterocycles. The molecule has 0 radical (unpaired) electrons. The number of hydrogen-bond donors (Lipinski definition) is 2. The highest BCUT2D eigenvalue weighted by Crippen LogP contribution is 2.28. The smallest absolute Gasteiger partial charge is 0.268 e. The van der Waals surface area contributed by atoms with Gasteiger partial charge in [0.25, 0.3) is 5.91 Å². The minimum Gasteiger partial charge on any atom is -0.349 e. The molecule has 116 valence electrons. The number of halogens is 2. The van der Waals surface area contributed by atoms with Crippen molar-refractivity contribution >= 4 is 45.9 Å². The van der Waals surface area contributed by atoms with Gasteiger partial charge in [0.05, 0.1) is 10.5 Å². The van der Waals surface area contributed by atoms with E-state index in [2.05, 4.69) is 10.3 Å². The molecular formula is C15H15Cl2N3O2. The summed E-state index contributed by atoms with van der Waals surface area (Å²) in [7, 11) is 1.74. The molecule has 0 saturated carbocycles. The van der Waals surface area contributed by atoms with Crippen LogP contribution < -0.4 is 5.32 Å². The molecule has 1 saturated heterocycles. The van der Waals surface area contributed by atoms with Crippen LogP contribution in [0.1, 0.15) is 23.3 Å². The molecule has 7 heteroatoms. The first kappa shape index (κ1) is 15.2. The number of fused-ring (bicyclic) bond motifs is 1. The van der Waals surface area contributed by atoms with Gasteiger partial charge in [-0.1, -0.05) is 23.2 Å². The molecule has 2 aromatic rings. The second-order valence-electron chi connectivity index (χ2n) is 5.46. The van der Waals surface area contributed by atoms with E-state index < -0.39 is 6.04 Å². The number of piperidine rings is 1. The van der Waals surface area contributed by atoms with Crippen molar-refractivity contribution in [2.24, 2.45) is 0 Å². The first-order valence-corrected chi connectivity index (χ1v) is 7.75. The number of nitrogens with zero attached hydrogens (tertiary/aromatic N) is 1. The number of H-pyrrole nitrogens is 1. The molecule has 0 bridgehead atoms. The fourth-order valence-electron chi connectivity index (χ4n) is 2.69. The van der Waals surface area contributed by atoms with Crippen LogP contribution in [0.25, 0.3) is 10.9 Å². The Kier molecular flexibility index (Phi) is 4.02. The normalized spacial score (nSPS) is 18.8. The third-order valence-corrected chi connectivity index (χ3v) is 4.37. The topological polar surface area (TPSA) is 65.2 Å². The minimum atomic E-state index is -0.475. The van der Waals surface area contributed by atoms with Gasteiger partial charge in [0.2, 0.25) is 5.91 Å². The Balaban J connectivity index is 1.83. The van der Waals surface area contributed by atoms with Gasteiger partial charge in [0.1, 0.15) is 11.7 Å². The summed E-state index contributed by atoms with van der Waals surface area (Å²) in [5.41, 5.74) is 1.02. The largest absolute Gasteiger partial charge is 0.349 e. The summed E-state index contributed by atoms with van der Waals surface area (Å²) < 4.78 is 0. The monoisotopic (exact) mass is 339 g/mol. The number of carbonyl (C=O) groups excluding carboxylic acids is 2. The van der Waals surface area contributed by atoms with Gasteiger partial charge in [0, 0.05) is 24.0 Å². The summed E-state index contributed by atoms with van der Waals surface area (Å²) in [6.45, 7) is 0.728. The van der Waals surface area contributed by atoms with Crippen molar-refractivity contribution in [2.45, 2.75) is 18.9 Å². The number of hydrogen-bond acceptors (Lipinski definition) is 2. The third kappa shape index (κ3) is 2.78. The van der Waals surface area contributed by atoms with Crippen LogP contribution in [0.2, 0.25) is 10.0 Å². The van der Waals surface area contributed by atoms with Crippen LogP contribution in [0.15, 0.2) is 18.2 Å². The molecule has 1 aliphatic rings. The highest BCUT2D eigenvalue weighted by atomic mass is 35.5. The van der Waals surface area contributed by atoms with Crippen molar-refractivity contribution in [2.75, 3.05) is 13.6 Å². The van der Waals surface area contributed by atoms with Crippen LogP contribution in [0.5, 0.6) is 0 Å². The predicted molar refractivity (Wildman–Crippen MR) is 86.4 cm³/mol. The average Bonchev–Trinajstić information content (AvgIpc) is 2.88. The van der Waals surface area contributed by atoms with Crippen molar-refractivity contribution in [3.05, 3.63) is 33.9 Å². The number of rotatable bonds is 2. The predicted octanol–water partition coefficient (Wildman–Crippen LogP) is 2.83. The van der Waals surface area contributed by atoms with Gasteiger partial charge in [-0.2, -0.15) is 0 Å². The van der Waals surface area contributed by atoms with Gasteiger partial charge in [-0.15, -0.1) is 0 Å². The lowest BCUT2D eigenvalue weighted by atomic mass is 10.1. The standard InChI is InChI=1S/C15H15Cl2N3O2/c1-20-4-2-3-11(15(20)22)19-14(21)12-6-8-5-9(16)7-10(17)13(8)18-12/h5-7,11,18H,2-4H2,1H3,(H,19,21)/t11-/m0/s1. The van der Waals surface area contributed by atoms with Crippen LogP contribution >= 0.6 is 23.2 Å². The van der Waals surface area contributed by atoms with Crippen molar-refractivity contribution < 1.29 is 9.59 Å². The molecule has 3 rings (SSSR count). The van der Waals surface area contributed by atoms with Gasteiger partial charge < -0.3 is 15.2 Å². The lowest BCUT2D eigenvalue weighted by Crippen LogP contribution is -2.50. The van der Waals surface area contributed by atoms with E-state index in [-0.39, 0.29) is 11.8 Å². The van der Waals surface area contributed by atoms with E-state index in [0.29, 0.717) is 27.7 Å². The fraction of sp³-hybridized carbons (Fsp3) is 0.333. The number of nitrogens with one attached hydrogen (secondary N) is 2. The maximum atomic E-state index is 12.3. The Morgan fingerprint density at radius 3 is 2.91 bits per heavy atom. The maximum Gasteiger partial charge on any atom is 0.268 e. The molecule has 1 aliphatic heterocycles. The van der Waals surface area contributed by atoms with Gasteiger partial charge >= 0.3 is 0 Å². The van der Waals surface area contributed by atoms with Crippen LogP contribution in [0.3, 0.4) is 0 Å². The molecule has 0 unspecified atom stereocenters. The molecule has 22 heavy (non-hydrogen) atoms. The summed E-state index contributed by atoms with van der Waals surface area (Å²) in [4.78, 5) is 29.0. The van der Waals surface area contributed by atoms with Crippen LogP contribution in [-0.4, -0.2) is 41.3 Å². The summed E-state index contributed by atoms with van der Waals surface area (Å²) >= 11 is 12.1. The molecular weight excluding hydrogens is 325 g/mol. The number of aromatic amines is 1. The van der Waals surface area contributed by atoms with E-state index in [1.165, 1.54) is 0 Å². The summed E-state index contributed by atoms with van der Waals surface area (Å²) in [5.74, 6) is -0.381. The number of carbonyl (C=O) groups is 2. The van der Waals surface area contributed by atoms with E-state index >= 15 is 0 Å². The van der Waals surface area contributed by atoms with E-state index in [4.69, 9.17) is 23.2 Å². The van der Waals surface area contributed by atoms with Gasteiger partial charge in [-0.3, -0.25) is 9.59 Å². The molecule has 1 aromatic carbocycles. The average molecular weight is 340 g/mol. The molecule has 1 atom stereocenters. The van der Waals surface area contributed by atoms with Crippen LogP contribution in [-0.2, 0) is 4.79 Å². The molecule has 2 amide bonds. The molecule has 0 aliphatic carbocycles. The Morgan fingerprint density at radius 1 is 1.36 bits per heavy atom. The van der Waals surface area contributed by atoms with Crippen LogP contribution in [0.4, 0.5) is 0 Å². The molecule has 1 fully saturated rings. The zero-order chi connectivity index (χ0) is 15.9. The van der Waals surface area contributed by atoms with Gasteiger partial charge in [-0.25, -0.2) is 0 Å². The third-order valence-electron chi connectivity index (χ3n) is 3.86. The molecule has 2 heterocycles. The van der Waals surface area contributed by atoms with E-state index in [0.717, 1.165) is 18.4 Å². The van der Waals surface area contributed by atoms with E-state index in [1.54, 1.807) is 30.1 Å². The molecule has 2 N–H and O–H groups in total. The Morgan fingerprint density at radius 2 is 2.14 bits per heavy atom. The Labute approximate surface area is 137 Å². The summed E-state index contributed by atoms with van der Waals surface area (Å²) in [5, 5.41) is 4.49. The zero-order valence-corrected chi connectivity index (χ0v) is 13.5. The highest BCUT2D eigenvalue weighted by Gasteiger charge is 2.28. The van der Waals surface area contributed by atoms with Crippen molar-refractivity contribution in [3.63, 3.8) is 0 Å². The number of likely N-dealkylation sites (N-methyl/N-ethyl adjacent to an activating group) is 1. The molecule has 0 spiro atoms. The van der Waals surface area contributed by atoms with Crippen molar-refractivity contribution in [3.8, 4) is 0 Å². The summed E-state index contributed by atoms with van der Waals surface area (Å²) in [6, 6.07) is 4.55. The number of aromatic nitrogens is 1. The fourth-order valence-corrected chi connectivity index (χ4v) is 3.25. The first-order valence-electron chi connectivity index (χ1n) is 6.99. The van der Waals surface area contributed by atoms with Gasteiger partial charge in [0.15, 0.2) is 0 Å². The van der Waals surface area contributed by atoms with E-state index in [1.807, 2.05) is 0 Å². The highest BCUT2D eigenvalue weighted by molar-refractivity contribution is 6.38. The Hall–Kier alpha value is -1.72. The molecule has 5 nitrogen and oxygen atoms in total. The number of amides is 2. The van der Waals surface area contributed by atoms with Crippen LogP contribution in [0, 0.1) is 0 Å². The second kappa shape index (κ2) is 5.82. The quantitative estimate of drug-likeness (QED) is 0.883.